The minimum absolute atomic E-state index is 0.00162. The third-order valence-corrected chi connectivity index (χ3v) is 8.69. The lowest BCUT2D eigenvalue weighted by Gasteiger charge is -2.03. The molecule has 5 rings (SSSR count). The average Bonchev–Trinajstić information content (AvgIpc) is 3.64. The van der Waals surface area contributed by atoms with Gasteiger partial charge in [0.25, 0.3) is 6.47 Å². The van der Waals surface area contributed by atoms with Crippen LogP contribution < -0.4 is 0 Å². The Bertz CT molecular complexity index is 1910. The van der Waals surface area contributed by atoms with Crippen LogP contribution >= 0.6 is 0 Å². The number of aromatic amines is 2. The second-order valence-corrected chi connectivity index (χ2v) is 11.3. The minimum atomic E-state index is -0.864. The molecule has 45 heavy (non-hydrogen) atoms. The SMILES string of the molecule is CCC1=C(C)c2cc3[nH]c(cc4nc(cc5[nH]c(cc1n2)c(C)c5CCC(=O)O)C(CCC(=O)O)=C4C)c(C)c3CC.O=CO. The quantitative estimate of drug-likeness (QED) is 0.164. The summed E-state index contributed by atoms with van der Waals surface area (Å²) in [6.45, 7) is 12.3. The number of carboxylic acid groups (broad SMARTS) is 3. The molecule has 0 aromatic carbocycles. The highest BCUT2D eigenvalue weighted by Gasteiger charge is 2.21. The van der Waals surface area contributed by atoms with E-state index in [2.05, 4.69) is 49.8 Å². The second-order valence-electron chi connectivity index (χ2n) is 11.3. The summed E-state index contributed by atoms with van der Waals surface area (Å²) in [4.78, 5) is 48.7. The van der Waals surface area contributed by atoms with E-state index >= 15 is 0 Å². The van der Waals surface area contributed by atoms with Crippen LogP contribution in [-0.2, 0) is 27.2 Å². The molecule has 10 nitrogen and oxygen atoms in total. The third kappa shape index (κ3) is 6.74. The van der Waals surface area contributed by atoms with Gasteiger partial charge in [-0.3, -0.25) is 14.4 Å². The van der Waals surface area contributed by atoms with E-state index < -0.39 is 11.9 Å². The number of hydrogen-bond donors (Lipinski definition) is 5. The van der Waals surface area contributed by atoms with Gasteiger partial charge in [0.1, 0.15) is 0 Å². The number of hydrogen-bond acceptors (Lipinski definition) is 5. The van der Waals surface area contributed by atoms with Gasteiger partial charge in [-0.2, -0.15) is 0 Å². The van der Waals surface area contributed by atoms with Gasteiger partial charge >= 0.3 is 11.9 Å². The molecule has 10 heteroatoms. The Balaban J connectivity index is 0.00000148. The number of aromatic nitrogens is 4. The van der Waals surface area contributed by atoms with Crippen molar-refractivity contribution in [1.82, 2.24) is 19.9 Å². The summed E-state index contributed by atoms with van der Waals surface area (Å²) in [6.07, 6.45) is 2.39. The molecule has 0 unspecified atom stereocenters. The zero-order valence-corrected chi connectivity index (χ0v) is 26.6. The highest BCUT2D eigenvalue weighted by Crippen LogP contribution is 2.36. The number of H-pyrrole nitrogens is 2. The summed E-state index contributed by atoms with van der Waals surface area (Å²) in [5, 5.41) is 25.8. The maximum atomic E-state index is 11.5. The van der Waals surface area contributed by atoms with Crippen LogP contribution in [0.4, 0.5) is 0 Å². The molecular weight excluding hydrogens is 572 g/mol. The maximum Gasteiger partial charge on any atom is 0.303 e. The van der Waals surface area contributed by atoms with E-state index in [0.29, 0.717) is 18.5 Å². The fourth-order valence-electron chi connectivity index (χ4n) is 6.22. The summed E-state index contributed by atoms with van der Waals surface area (Å²) in [6, 6.07) is 8.19. The van der Waals surface area contributed by atoms with Gasteiger partial charge in [-0.15, -0.1) is 0 Å². The van der Waals surface area contributed by atoms with Crippen molar-refractivity contribution in [3.63, 3.8) is 0 Å². The number of nitrogens with one attached hydrogen (secondary N) is 2. The Morgan fingerprint density at radius 3 is 1.62 bits per heavy atom. The first kappa shape index (κ1) is 32.9. The Labute approximate surface area is 261 Å². The van der Waals surface area contributed by atoms with Crippen LogP contribution in [0.2, 0.25) is 0 Å². The van der Waals surface area contributed by atoms with Crippen LogP contribution in [0, 0.1) is 13.8 Å². The number of carboxylic acids is 2. The highest BCUT2D eigenvalue weighted by atomic mass is 16.4. The molecule has 236 valence electrons. The Morgan fingerprint density at radius 2 is 1.09 bits per heavy atom. The smallest absolute Gasteiger partial charge is 0.303 e. The summed E-state index contributed by atoms with van der Waals surface area (Å²) >= 11 is 0. The summed E-state index contributed by atoms with van der Waals surface area (Å²) < 4.78 is 0. The summed E-state index contributed by atoms with van der Waals surface area (Å²) in [5.74, 6) is -1.72. The monoisotopic (exact) mass is 612 g/mol. The Hall–Kier alpha value is -4.99. The molecule has 2 aliphatic rings. The van der Waals surface area contributed by atoms with Crippen molar-refractivity contribution in [3.05, 3.63) is 69.3 Å². The lowest BCUT2D eigenvalue weighted by Crippen LogP contribution is -1.98. The van der Waals surface area contributed by atoms with Crippen molar-refractivity contribution >= 4 is 62.8 Å². The maximum absolute atomic E-state index is 11.5. The first-order valence-electron chi connectivity index (χ1n) is 15.1. The van der Waals surface area contributed by atoms with E-state index in [1.54, 1.807) is 0 Å². The van der Waals surface area contributed by atoms with E-state index in [-0.39, 0.29) is 19.3 Å². The topological polar surface area (TPSA) is 169 Å². The van der Waals surface area contributed by atoms with Crippen molar-refractivity contribution in [2.75, 3.05) is 0 Å². The molecule has 5 N–H and O–H groups in total. The minimum Gasteiger partial charge on any atom is -0.483 e. The summed E-state index contributed by atoms with van der Waals surface area (Å²) in [5.41, 5.74) is 15.4. The Morgan fingerprint density at radius 1 is 0.667 bits per heavy atom. The van der Waals surface area contributed by atoms with Gasteiger partial charge in [-0.05, 0) is 122 Å². The zero-order chi connectivity index (χ0) is 33.0. The first-order valence-corrected chi connectivity index (χ1v) is 15.1. The van der Waals surface area contributed by atoms with Crippen molar-refractivity contribution in [2.24, 2.45) is 0 Å². The number of rotatable bonds is 8. The van der Waals surface area contributed by atoms with Crippen molar-refractivity contribution in [1.29, 1.82) is 0 Å². The normalized spacial score (nSPS) is 12.7. The summed E-state index contributed by atoms with van der Waals surface area (Å²) in [7, 11) is 0. The van der Waals surface area contributed by atoms with E-state index in [1.165, 1.54) is 11.1 Å². The molecule has 0 fully saturated rings. The van der Waals surface area contributed by atoms with Gasteiger partial charge in [-0.1, -0.05) is 13.8 Å². The van der Waals surface area contributed by atoms with Crippen LogP contribution in [0.5, 0.6) is 0 Å². The highest BCUT2D eigenvalue weighted by molar-refractivity contribution is 5.95. The van der Waals surface area contributed by atoms with E-state index in [9.17, 15) is 19.8 Å². The number of allylic oxidation sites excluding steroid dienone is 4. The number of nitrogens with zero attached hydrogens (tertiary/aromatic N) is 2. The fraction of sp³-hybridized carbons (Fsp3) is 0.343. The number of fused-ring (bicyclic) bond motifs is 8. The van der Waals surface area contributed by atoms with Crippen LogP contribution in [0.3, 0.4) is 0 Å². The largest absolute Gasteiger partial charge is 0.483 e. The lowest BCUT2D eigenvalue weighted by atomic mass is 10.00. The molecule has 0 saturated heterocycles. The molecule has 0 saturated carbocycles. The molecule has 2 aliphatic heterocycles. The van der Waals surface area contributed by atoms with Crippen molar-refractivity contribution in [3.8, 4) is 0 Å². The first-order chi connectivity index (χ1) is 21.4. The van der Waals surface area contributed by atoms with Crippen LogP contribution in [0.25, 0.3) is 44.4 Å². The van der Waals surface area contributed by atoms with Crippen molar-refractivity contribution < 1.29 is 29.7 Å². The van der Waals surface area contributed by atoms with E-state index in [0.717, 1.165) is 85.4 Å². The van der Waals surface area contributed by atoms with Gasteiger partial charge in [0.15, 0.2) is 0 Å². The number of carbonyl (C=O) groups is 3. The van der Waals surface area contributed by atoms with E-state index in [4.69, 9.17) is 19.9 Å². The standard InChI is InChI=1S/C34H38N4O4.CH2O2/c1-7-21-17(3)25-13-26-19(5)23(9-11-33(39)40)31(37-26)16-32-24(10-12-34(41)42)20(6)28(38-32)15-30-22(8-2)18(4)27(36-30)14-29(21)35-25;2-1-3/h13-16,35,38H,7-12H2,1-6H3,(H,39,40)(H,41,42);1H,(H,2,3). The fourth-order valence-corrected chi connectivity index (χ4v) is 6.22. The van der Waals surface area contributed by atoms with Crippen molar-refractivity contribution in [2.45, 2.75) is 80.1 Å². The molecule has 8 bridgehead atoms. The molecule has 5 heterocycles. The van der Waals surface area contributed by atoms with Gasteiger partial charge in [-0.25, -0.2) is 9.97 Å². The van der Waals surface area contributed by atoms with Gasteiger partial charge in [0.2, 0.25) is 0 Å². The molecule has 3 aromatic heterocycles. The van der Waals surface area contributed by atoms with E-state index in [1.807, 2.05) is 26.0 Å². The Kier molecular flexibility index (Phi) is 10.1. The molecule has 0 spiro atoms. The molecule has 0 radical (unpaired) electrons. The second kappa shape index (κ2) is 13.8. The zero-order valence-electron chi connectivity index (χ0n) is 26.6. The number of aliphatic carboxylic acids is 2. The number of aryl methyl sites for hydroxylation is 4. The van der Waals surface area contributed by atoms with Gasteiger partial charge < -0.3 is 25.3 Å². The molecule has 3 aromatic rings. The molecular formula is C35H40N4O6. The van der Waals surface area contributed by atoms with Crippen LogP contribution in [0.1, 0.15) is 98.4 Å². The lowest BCUT2D eigenvalue weighted by molar-refractivity contribution is -0.137. The van der Waals surface area contributed by atoms with Crippen LogP contribution in [0.15, 0.2) is 24.3 Å². The third-order valence-electron chi connectivity index (χ3n) is 8.69. The van der Waals surface area contributed by atoms with Gasteiger partial charge in [0.05, 0.1) is 22.8 Å². The van der Waals surface area contributed by atoms with Crippen LogP contribution in [-0.4, -0.2) is 53.7 Å². The average molecular weight is 613 g/mol. The predicted molar refractivity (Wildman–Crippen MR) is 177 cm³/mol. The predicted octanol–water partition coefficient (Wildman–Crippen LogP) is 7.35. The molecule has 0 atom stereocenters. The molecule has 0 aliphatic carbocycles. The molecule has 0 amide bonds. The van der Waals surface area contributed by atoms with Gasteiger partial charge in [0, 0.05) is 34.9 Å².